The van der Waals surface area contributed by atoms with E-state index in [9.17, 15) is 14.7 Å². The summed E-state index contributed by atoms with van der Waals surface area (Å²) in [4.78, 5) is 24.4. The second-order valence-corrected chi connectivity index (χ2v) is 7.18. The highest BCUT2D eigenvalue weighted by Gasteiger charge is 2.12. The fourth-order valence-electron chi connectivity index (χ4n) is 2.30. The molecule has 6 nitrogen and oxygen atoms in total. The Bertz CT molecular complexity index is 1070. The van der Waals surface area contributed by atoms with Crippen LogP contribution in [0.1, 0.15) is 26.3 Å². The molecule has 29 heavy (non-hydrogen) atoms. The highest BCUT2D eigenvalue weighted by molar-refractivity contribution is 9.10. The van der Waals surface area contributed by atoms with Gasteiger partial charge in [0.1, 0.15) is 11.5 Å². The van der Waals surface area contributed by atoms with E-state index in [1.165, 1.54) is 30.5 Å². The van der Waals surface area contributed by atoms with Gasteiger partial charge in [-0.05, 0) is 66.7 Å². The van der Waals surface area contributed by atoms with Crippen molar-refractivity contribution >= 4 is 45.6 Å². The SMILES string of the molecule is O=C(NN=Cc1cc(Br)ccc1OC(=O)c1ccc(Cl)cc1)c1ccc(O)cc1. The number of aromatic hydroxyl groups is 1. The molecule has 8 heteroatoms. The van der Waals surface area contributed by atoms with Crippen LogP contribution < -0.4 is 10.2 Å². The molecule has 0 bridgehead atoms. The predicted octanol–water partition coefficient (Wildman–Crippen LogP) is 4.79. The van der Waals surface area contributed by atoms with Gasteiger partial charge < -0.3 is 9.84 Å². The van der Waals surface area contributed by atoms with Gasteiger partial charge in [-0.15, -0.1) is 0 Å². The van der Waals surface area contributed by atoms with E-state index in [1.54, 1.807) is 42.5 Å². The van der Waals surface area contributed by atoms with Crippen LogP contribution in [0.3, 0.4) is 0 Å². The summed E-state index contributed by atoms with van der Waals surface area (Å²) in [6.07, 6.45) is 1.37. The van der Waals surface area contributed by atoms with E-state index in [2.05, 4.69) is 26.5 Å². The summed E-state index contributed by atoms with van der Waals surface area (Å²) in [5.74, 6) is -0.662. The predicted molar refractivity (Wildman–Crippen MR) is 114 cm³/mol. The number of hydrogen-bond donors (Lipinski definition) is 2. The van der Waals surface area contributed by atoms with Crippen molar-refractivity contribution in [3.63, 3.8) is 0 Å². The van der Waals surface area contributed by atoms with E-state index < -0.39 is 11.9 Å². The Morgan fingerprint density at radius 3 is 2.34 bits per heavy atom. The first-order valence-corrected chi connectivity index (χ1v) is 9.49. The van der Waals surface area contributed by atoms with Crippen molar-refractivity contribution < 1.29 is 19.4 Å². The summed E-state index contributed by atoms with van der Waals surface area (Å²) in [6, 6.07) is 17.1. The van der Waals surface area contributed by atoms with Crippen LogP contribution in [0, 0.1) is 0 Å². The summed E-state index contributed by atoms with van der Waals surface area (Å²) in [5.41, 5.74) is 3.55. The zero-order chi connectivity index (χ0) is 20.8. The van der Waals surface area contributed by atoms with E-state index in [0.717, 1.165) is 4.47 Å². The number of phenols is 1. The van der Waals surface area contributed by atoms with Gasteiger partial charge in [0.25, 0.3) is 5.91 Å². The Morgan fingerprint density at radius 1 is 1.00 bits per heavy atom. The highest BCUT2D eigenvalue weighted by atomic mass is 79.9. The molecule has 0 unspecified atom stereocenters. The molecule has 0 aliphatic carbocycles. The van der Waals surface area contributed by atoms with E-state index in [0.29, 0.717) is 21.7 Å². The second kappa shape index (κ2) is 9.36. The van der Waals surface area contributed by atoms with Crippen LogP contribution in [0.5, 0.6) is 11.5 Å². The largest absolute Gasteiger partial charge is 0.508 e. The first-order chi connectivity index (χ1) is 13.9. The lowest BCUT2D eigenvalue weighted by Gasteiger charge is -2.08. The number of amides is 1. The summed E-state index contributed by atoms with van der Waals surface area (Å²) < 4.78 is 6.19. The number of phenolic OH excluding ortho intramolecular Hbond substituents is 1. The van der Waals surface area contributed by atoms with Crippen molar-refractivity contribution in [2.45, 2.75) is 0 Å². The number of halogens is 2. The lowest BCUT2D eigenvalue weighted by atomic mass is 10.2. The van der Waals surface area contributed by atoms with Gasteiger partial charge in [-0.25, -0.2) is 10.2 Å². The zero-order valence-electron chi connectivity index (χ0n) is 14.8. The number of benzene rings is 3. The lowest BCUT2D eigenvalue weighted by molar-refractivity contribution is 0.0734. The minimum absolute atomic E-state index is 0.0614. The van der Waals surface area contributed by atoms with Gasteiger partial charge in [-0.3, -0.25) is 4.79 Å². The molecule has 0 radical (unpaired) electrons. The van der Waals surface area contributed by atoms with Crippen LogP contribution in [-0.4, -0.2) is 23.2 Å². The van der Waals surface area contributed by atoms with Crippen molar-refractivity contribution in [2.24, 2.45) is 5.10 Å². The number of hydrazone groups is 1. The molecule has 0 heterocycles. The monoisotopic (exact) mass is 472 g/mol. The number of nitrogens with zero attached hydrogens (tertiary/aromatic N) is 1. The number of rotatable bonds is 5. The first-order valence-electron chi connectivity index (χ1n) is 8.32. The Hall–Kier alpha value is -3.16. The van der Waals surface area contributed by atoms with Gasteiger partial charge in [-0.1, -0.05) is 27.5 Å². The lowest BCUT2D eigenvalue weighted by Crippen LogP contribution is -2.17. The smallest absolute Gasteiger partial charge is 0.343 e. The molecular formula is C21H14BrClN2O4. The molecule has 1 amide bonds. The number of carbonyl (C=O) groups is 2. The van der Waals surface area contributed by atoms with Crippen LogP contribution in [0.25, 0.3) is 0 Å². The summed E-state index contributed by atoms with van der Waals surface area (Å²) in [6.45, 7) is 0. The average Bonchev–Trinajstić information content (AvgIpc) is 2.70. The van der Waals surface area contributed by atoms with Crippen molar-refractivity contribution in [3.05, 3.63) is 92.9 Å². The Morgan fingerprint density at radius 2 is 1.66 bits per heavy atom. The number of ether oxygens (including phenoxy) is 1. The third kappa shape index (κ3) is 5.66. The molecular weight excluding hydrogens is 460 g/mol. The van der Waals surface area contributed by atoms with Gasteiger partial charge in [0.2, 0.25) is 0 Å². The standard InChI is InChI=1S/C21H14BrClN2O4/c22-16-5-10-19(29-21(28)14-1-6-17(23)7-2-14)15(11-16)12-24-25-20(27)13-3-8-18(26)9-4-13/h1-12,26H,(H,25,27). The van der Waals surface area contributed by atoms with Gasteiger partial charge >= 0.3 is 5.97 Å². The van der Waals surface area contributed by atoms with Crippen molar-refractivity contribution in [3.8, 4) is 11.5 Å². The number of esters is 1. The number of nitrogens with one attached hydrogen (secondary N) is 1. The van der Waals surface area contributed by atoms with Crippen LogP contribution in [0.15, 0.2) is 76.3 Å². The first kappa shape index (κ1) is 20.6. The second-order valence-electron chi connectivity index (χ2n) is 5.82. The molecule has 0 aliphatic rings. The Labute approximate surface area is 179 Å². The summed E-state index contributed by atoms with van der Waals surface area (Å²) >= 11 is 9.18. The molecule has 2 N–H and O–H groups in total. The maximum Gasteiger partial charge on any atom is 0.343 e. The van der Waals surface area contributed by atoms with E-state index in [1.807, 2.05) is 0 Å². The number of hydrogen-bond acceptors (Lipinski definition) is 5. The third-order valence-electron chi connectivity index (χ3n) is 3.75. The van der Waals surface area contributed by atoms with Gasteiger partial charge in [0, 0.05) is 20.6 Å². The fraction of sp³-hybridized carbons (Fsp3) is 0. The van der Waals surface area contributed by atoms with Crippen LogP contribution >= 0.6 is 27.5 Å². The molecule has 0 spiro atoms. The summed E-state index contributed by atoms with van der Waals surface area (Å²) in [5, 5.41) is 13.7. The minimum atomic E-state index is -0.549. The normalized spacial score (nSPS) is 10.7. The average molecular weight is 474 g/mol. The highest BCUT2D eigenvalue weighted by Crippen LogP contribution is 2.23. The van der Waals surface area contributed by atoms with Crippen molar-refractivity contribution in [2.75, 3.05) is 0 Å². The number of carbonyl (C=O) groups excluding carboxylic acids is 2. The van der Waals surface area contributed by atoms with Crippen molar-refractivity contribution in [1.82, 2.24) is 5.43 Å². The molecule has 146 valence electrons. The van der Waals surface area contributed by atoms with Gasteiger partial charge in [0.05, 0.1) is 11.8 Å². The maximum absolute atomic E-state index is 12.3. The van der Waals surface area contributed by atoms with E-state index in [-0.39, 0.29) is 11.5 Å². The van der Waals surface area contributed by atoms with Gasteiger partial charge in [-0.2, -0.15) is 5.10 Å². The van der Waals surface area contributed by atoms with Crippen LogP contribution in [-0.2, 0) is 0 Å². The molecule has 3 aromatic carbocycles. The third-order valence-corrected chi connectivity index (χ3v) is 4.50. The maximum atomic E-state index is 12.3. The van der Waals surface area contributed by atoms with E-state index in [4.69, 9.17) is 16.3 Å². The Balaban J connectivity index is 1.73. The minimum Gasteiger partial charge on any atom is -0.508 e. The fourth-order valence-corrected chi connectivity index (χ4v) is 2.80. The quantitative estimate of drug-likeness (QED) is 0.241. The molecule has 0 saturated carbocycles. The van der Waals surface area contributed by atoms with Gasteiger partial charge in [0.15, 0.2) is 0 Å². The molecule has 0 saturated heterocycles. The molecule has 0 aromatic heterocycles. The molecule has 0 fully saturated rings. The summed E-state index contributed by atoms with van der Waals surface area (Å²) in [7, 11) is 0. The molecule has 0 atom stereocenters. The zero-order valence-corrected chi connectivity index (χ0v) is 17.1. The topological polar surface area (TPSA) is 88.0 Å². The van der Waals surface area contributed by atoms with Crippen LogP contribution in [0.4, 0.5) is 0 Å². The van der Waals surface area contributed by atoms with E-state index >= 15 is 0 Å². The van der Waals surface area contributed by atoms with Crippen LogP contribution in [0.2, 0.25) is 5.02 Å². The Kier molecular flexibility index (Phi) is 6.64. The molecule has 3 rings (SSSR count). The molecule has 0 aliphatic heterocycles. The van der Waals surface area contributed by atoms with Crippen molar-refractivity contribution in [1.29, 1.82) is 0 Å². The molecule has 3 aromatic rings.